The van der Waals surface area contributed by atoms with Crippen molar-refractivity contribution >= 4 is 11.6 Å². The summed E-state index contributed by atoms with van der Waals surface area (Å²) in [6.45, 7) is 1.92. The third-order valence-corrected chi connectivity index (χ3v) is 4.56. The number of hydrogen-bond donors (Lipinski definition) is 0. The topological polar surface area (TPSA) is 94.2 Å². The molecule has 1 heterocycles. The molecule has 1 aromatic heterocycles. The van der Waals surface area contributed by atoms with E-state index in [0.717, 1.165) is 11.3 Å². The second kappa shape index (κ2) is 7.77. The zero-order valence-corrected chi connectivity index (χ0v) is 15.0. The zero-order valence-electron chi connectivity index (χ0n) is 15.0. The van der Waals surface area contributed by atoms with Crippen LogP contribution < -0.4 is 0 Å². The Balaban J connectivity index is 1.72. The smallest absolute Gasteiger partial charge is 0.273 e. The fourth-order valence-electron chi connectivity index (χ4n) is 2.81. The van der Waals surface area contributed by atoms with E-state index in [1.54, 1.807) is 41.2 Å². The van der Waals surface area contributed by atoms with Gasteiger partial charge in [-0.2, -0.15) is 5.10 Å². The van der Waals surface area contributed by atoms with Gasteiger partial charge in [0.1, 0.15) is 12.7 Å². The molecule has 0 radical (unpaired) electrons. The maximum atomic E-state index is 12.6. The van der Waals surface area contributed by atoms with Gasteiger partial charge in [0.05, 0.1) is 23.1 Å². The minimum absolute atomic E-state index is 0.0188. The van der Waals surface area contributed by atoms with Gasteiger partial charge < -0.3 is 4.90 Å². The molecular formula is C19H19N5O3. The van der Waals surface area contributed by atoms with Crippen LogP contribution >= 0.6 is 0 Å². The van der Waals surface area contributed by atoms with Crippen molar-refractivity contribution < 1.29 is 9.72 Å². The van der Waals surface area contributed by atoms with Crippen LogP contribution in [0.2, 0.25) is 0 Å². The van der Waals surface area contributed by atoms with E-state index in [2.05, 4.69) is 10.1 Å². The number of amides is 1. The molecule has 0 aliphatic carbocycles. The molecule has 0 bridgehead atoms. The first kappa shape index (κ1) is 18.2. The number of rotatable bonds is 6. The Bertz CT molecular complexity index is 938. The molecule has 0 saturated carbocycles. The van der Waals surface area contributed by atoms with E-state index in [9.17, 15) is 14.9 Å². The van der Waals surface area contributed by atoms with Crippen LogP contribution in [0.4, 0.5) is 5.69 Å². The number of para-hydroxylation sites is 1. The molecule has 0 fully saturated rings. The van der Waals surface area contributed by atoms with E-state index in [1.165, 1.54) is 12.4 Å². The van der Waals surface area contributed by atoms with Crippen LogP contribution in [0.3, 0.4) is 0 Å². The lowest BCUT2D eigenvalue weighted by Gasteiger charge is -2.25. The maximum absolute atomic E-state index is 12.6. The van der Waals surface area contributed by atoms with Crippen molar-refractivity contribution in [3.8, 4) is 5.69 Å². The predicted octanol–water partition coefficient (Wildman–Crippen LogP) is 2.94. The third kappa shape index (κ3) is 4.00. The minimum atomic E-state index is -0.463. The van der Waals surface area contributed by atoms with Crippen molar-refractivity contribution in [2.24, 2.45) is 0 Å². The van der Waals surface area contributed by atoms with E-state index in [0.29, 0.717) is 5.56 Å². The Kier molecular flexibility index (Phi) is 5.25. The van der Waals surface area contributed by atoms with Gasteiger partial charge in [-0.15, -0.1) is 0 Å². The summed E-state index contributed by atoms with van der Waals surface area (Å²) < 4.78 is 1.65. The summed E-state index contributed by atoms with van der Waals surface area (Å²) in [7, 11) is 1.70. The average molecular weight is 365 g/mol. The van der Waals surface area contributed by atoms with E-state index < -0.39 is 4.92 Å². The predicted molar refractivity (Wildman–Crippen MR) is 99.3 cm³/mol. The van der Waals surface area contributed by atoms with Gasteiger partial charge in [0.2, 0.25) is 5.91 Å². The van der Waals surface area contributed by atoms with Gasteiger partial charge in [-0.05, 0) is 24.6 Å². The quantitative estimate of drug-likeness (QED) is 0.494. The van der Waals surface area contributed by atoms with Gasteiger partial charge >= 0.3 is 0 Å². The number of nitro groups is 1. The summed E-state index contributed by atoms with van der Waals surface area (Å²) in [6.07, 6.45) is 3.06. The Morgan fingerprint density at radius 3 is 2.56 bits per heavy atom. The first-order valence-corrected chi connectivity index (χ1v) is 8.40. The van der Waals surface area contributed by atoms with Crippen molar-refractivity contribution in [3.05, 3.63) is 82.4 Å². The second-order valence-corrected chi connectivity index (χ2v) is 6.17. The van der Waals surface area contributed by atoms with Gasteiger partial charge in [-0.25, -0.2) is 9.67 Å². The Hall–Kier alpha value is -3.55. The first-order chi connectivity index (χ1) is 13.0. The number of benzene rings is 2. The minimum Gasteiger partial charge on any atom is -0.339 e. The second-order valence-electron chi connectivity index (χ2n) is 6.17. The van der Waals surface area contributed by atoms with Gasteiger partial charge in [-0.3, -0.25) is 14.9 Å². The molecule has 0 saturated heterocycles. The number of likely N-dealkylation sites (N-methyl/N-ethyl adjacent to an activating group) is 1. The highest BCUT2D eigenvalue weighted by Crippen LogP contribution is 2.23. The van der Waals surface area contributed by atoms with E-state index >= 15 is 0 Å². The van der Waals surface area contributed by atoms with Gasteiger partial charge in [0, 0.05) is 18.7 Å². The highest BCUT2D eigenvalue weighted by Gasteiger charge is 2.21. The molecular weight excluding hydrogens is 346 g/mol. The molecule has 3 rings (SSSR count). The van der Waals surface area contributed by atoms with Gasteiger partial charge in [0.25, 0.3) is 5.69 Å². The van der Waals surface area contributed by atoms with Gasteiger partial charge in [-0.1, -0.05) is 30.3 Å². The molecule has 3 aromatic rings. The van der Waals surface area contributed by atoms with Crippen molar-refractivity contribution in [3.63, 3.8) is 0 Å². The molecule has 8 heteroatoms. The Morgan fingerprint density at radius 2 is 1.93 bits per heavy atom. The SMILES string of the molecule is C[C@H](c1ccc(-n2cncn2)cc1)N(C)C(=O)Cc1ccccc1[N+](=O)[O-]. The average Bonchev–Trinajstić information content (AvgIpc) is 3.22. The van der Waals surface area contributed by atoms with Crippen LogP contribution in [0.5, 0.6) is 0 Å². The number of hydrogen-bond acceptors (Lipinski definition) is 5. The number of nitrogens with zero attached hydrogens (tertiary/aromatic N) is 5. The van der Waals surface area contributed by atoms with Crippen LogP contribution in [0.1, 0.15) is 24.1 Å². The van der Waals surface area contributed by atoms with Crippen molar-refractivity contribution in [2.75, 3.05) is 7.05 Å². The van der Waals surface area contributed by atoms with Crippen LogP contribution in [0.15, 0.2) is 61.2 Å². The van der Waals surface area contributed by atoms with E-state index in [1.807, 2.05) is 31.2 Å². The van der Waals surface area contributed by atoms with Crippen LogP contribution in [-0.4, -0.2) is 37.5 Å². The summed E-state index contributed by atoms with van der Waals surface area (Å²) in [5, 5.41) is 15.2. The third-order valence-electron chi connectivity index (χ3n) is 4.56. The number of nitro benzene ring substituents is 1. The zero-order chi connectivity index (χ0) is 19.4. The summed E-state index contributed by atoms with van der Waals surface area (Å²) >= 11 is 0. The molecule has 0 spiro atoms. The highest BCUT2D eigenvalue weighted by atomic mass is 16.6. The molecule has 1 amide bonds. The van der Waals surface area contributed by atoms with Crippen LogP contribution in [0.25, 0.3) is 5.69 Å². The summed E-state index contributed by atoms with van der Waals surface area (Å²) in [6, 6.07) is 13.8. The summed E-state index contributed by atoms with van der Waals surface area (Å²) in [5.74, 6) is -0.183. The normalized spacial score (nSPS) is 11.8. The fourth-order valence-corrected chi connectivity index (χ4v) is 2.81. The van der Waals surface area contributed by atoms with Crippen LogP contribution in [-0.2, 0) is 11.2 Å². The van der Waals surface area contributed by atoms with Crippen molar-refractivity contribution in [1.29, 1.82) is 0 Å². The molecule has 0 aliphatic heterocycles. The summed E-state index contributed by atoms with van der Waals surface area (Å²) in [5.41, 5.74) is 2.20. The van der Waals surface area contributed by atoms with Crippen LogP contribution in [0, 0.1) is 10.1 Å². The lowest BCUT2D eigenvalue weighted by atomic mass is 10.0. The maximum Gasteiger partial charge on any atom is 0.273 e. The Labute approximate surface area is 156 Å². The van der Waals surface area contributed by atoms with E-state index in [-0.39, 0.29) is 24.1 Å². The number of carbonyl (C=O) groups is 1. The highest BCUT2D eigenvalue weighted by molar-refractivity contribution is 5.80. The lowest BCUT2D eigenvalue weighted by Crippen LogP contribution is -2.31. The molecule has 27 heavy (non-hydrogen) atoms. The molecule has 2 aromatic carbocycles. The number of carbonyl (C=O) groups excluding carboxylic acids is 1. The molecule has 138 valence electrons. The van der Waals surface area contributed by atoms with E-state index in [4.69, 9.17) is 0 Å². The lowest BCUT2D eigenvalue weighted by molar-refractivity contribution is -0.385. The fraction of sp³-hybridized carbons (Fsp3) is 0.211. The number of aromatic nitrogens is 3. The van der Waals surface area contributed by atoms with Gasteiger partial charge in [0.15, 0.2) is 0 Å². The first-order valence-electron chi connectivity index (χ1n) is 8.40. The molecule has 0 unspecified atom stereocenters. The largest absolute Gasteiger partial charge is 0.339 e. The molecule has 0 aliphatic rings. The molecule has 1 atom stereocenters. The Morgan fingerprint density at radius 1 is 1.22 bits per heavy atom. The molecule has 0 N–H and O–H groups in total. The molecule has 8 nitrogen and oxygen atoms in total. The van der Waals surface area contributed by atoms with Crippen molar-refractivity contribution in [1.82, 2.24) is 19.7 Å². The summed E-state index contributed by atoms with van der Waals surface area (Å²) in [4.78, 5) is 28.8. The monoisotopic (exact) mass is 365 g/mol. The van der Waals surface area contributed by atoms with Crippen molar-refractivity contribution in [2.45, 2.75) is 19.4 Å². The standard InChI is InChI=1S/C19H19N5O3/c1-14(15-7-9-17(10-8-15)23-13-20-12-21-23)22(2)19(25)11-16-5-3-4-6-18(16)24(26)27/h3-10,12-14H,11H2,1-2H3/t14-/m1/s1.